The Balaban J connectivity index is 1.47. The zero-order valence-corrected chi connectivity index (χ0v) is 12.1. The van der Waals surface area contributed by atoms with Crippen LogP contribution >= 0.6 is 0 Å². The van der Waals surface area contributed by atoms with Crippen LogP contribution in [0.1, 0.15) is 37.7 Å². The van der Waals surface area contributed by atoms with E-state index < -0.39 is 5.92 Å². The summed E-state index contributed by atoms with van der Waals surface area (Å²) in [5.41, 5.74) is 8.11. The largest absolute Gasteiger partial charge is 0.399 e. The number of anilines is 1. The summed E-state index contributed by atoms with van der Waals surface area (Å²) in [6.07, 6.45) is 2.58. The molecular formula is C17H21F2N2. The Morgan fingerprint density at radius 1 is 1.29 bits per heavy atom. The Bertz CT molecular complexity index is 549. The molecule has 113 valence electrons. The number of fused-ring (bicyclic) bond motifs is 1. The number of hydrogen-bond donors (Lipinski definition) is 1. The minimum absolute atomic E-state index is 0.0518. The molecule has 1 radical (unpaired) electrons. The van der Waals surface area contributed by atoms with Gasteiger partial charge in [-0.25, -0.2) is 8.78 Å². The highest BCUT2D eigenvalue weighted by Crippen LogP contribution is 2.60. The number of nitrogens with zero attached hydrogens (tertiary/aromatic N) is 1. The van der Waals surface area contributed by atoms with Crippen LogP contribution in [-0.4, -0.2) is 30.0 Å². The molecule has 1 saturated heterocycles. The summed E-state index contributed by atoms with van der Waals surface area (Å²) in [5, 5.41) is 0. The third-order valence-electron chi connectivity index (χ3n) is 5.74. The molecule has 1 heterocycles. The summed E-state index contributed by atoms with van der Waals surface area (Å²) in [5.74, 6) is -1.77. The van der Waals surface area contributed by atoms with E-state index in [9.17, 15) is 8.78 Å². The van der Waals surface area contributed by atoms with E-state index in [4.69, 9.17) is 5.73 Å². The van der Waals surface area contributed by atoms with Gasteiger partial charge in [0, 0.05) is 43.1 Å². The molecule has 0 amide bonds. The zero-order valence-electron chi connectivity index (χ0n) is 12.1. The Kier molecular flexibility index (Phi) is 2.84. The van der Waals surface area contributed by atoms with Crippen molar-refractivity contribution in [1.82, 2.24) is 4.90 Å². The van der Waals surface area contributed by atoms with E-state index >= 15 is 0 Å². The fourth-order valence-electron chi connectivity index (χ4n) is 4.38. The number of benzene rings is 1. The molecule has 2 N–H and O–H groups in total. The molecule has 4 rings (SSSR count). The molecule has 0 bridgehead atoms. The summed E-state index contributed by atoms with van der Waals surface area (Å²) in [6, 6.07) is 9.50. The molecule has 3 fully saturated rings. The minimum Gasteiger partial charge on any atom is -0.399 e. The molecule has 2 saturated carbocycles. The van der Waals surface area contributed by atoms with Gasteiger partial charge < -0.3 is 5.73 Å². The maximum Gasteiger partial charge on any atom is 0.248 e. The van der Waals surface area contributed by atoms with Gasteiger partial charge >= 0.3 is 0 Å². The minimum atomic E-state index is -2.43. The smallest absolute Gasteiger partial charge is 0.248 e. The van der Waals surface area contributed by atoms with Crippen LogP contribution in [0.3, 0.4) is 0 Å². The number of alkyl halides is 2. The highest BCUT2D eigenvalue weighted by molar-refractivity contribution is 5.46. The van der Waals surface area contributed by atoms with Crippen molar-refractivity contribution in [2.75, 3.05) is 18.8 Å². The summed E-state index contributed by atoms with van der Waals surface area (Å²) < 4.78 is 26.6. The van der Waals surface area contributed by atoms with Gasteiger partial charge in [0.1, 0.15) is 0 Å². The molecule has 0 aromatic heterocycles. The third-order valence-corrected chi connectivity index (χ3v) is 5.74. The second kappa shape index (κ2) is 4.42. The topological polar surface area (TPSA) is 29.3 Å². The normalized spacial score (nSPS) is 35.6. The zero-order chi connectivity index (χ0) is 14.7. The second-order valence-electron chi connectivity index (χ2n) is 7.11. The summed E-state index contributed by atoms with van der Waals surface area (Å²) in [7, 11) is 0. The van der Waals surface area contributed by atoms with Crippen molar-refractivity contribution in [1.29, 1.82) is 0 Å². The van der Waals surface area contributed by atoms with E-state index in [1.807, 2.05) is 18.2 Å². The predicted molar refractivity (Wildman–Crippen MR) is 78.3 cm³/mol. The van der Waals surface area contributed by atoms with Gasteiger partial charge in [0.25, 0.3) is 0 Å². The van der Waals surface area contributed by atoms with Crippen molar-refractivity contribution >= 4 is 5.69 Å². The van der Waals surface area contributed by atoms with Crippen LogP contribution in [0, 0.1) is 12.0 Å². The van der Waals surface area contributed by atoms with Crippen molar-refractivity contribution in [3.8, 4) is 0 Å². The van der Waals surface area contributed by atoms with Crippen LogP contribution in [0.15, 0.2) is 18.2 Å². The van der Waals surface area contributed by atoms with Crippen LogP contribution in [0.5, 0.6) is 0 Å². The predicted octanol–water partition coefficient (Wildman–Crippen LogP) is 3.22. The number of rotatable bonds is 2. The Hall–Kier alpha value is -1.16. The van der Waals surface area contributed by atoms with Crippen LogP contribution in [-0.2, 0) is 5.41 Å². The summed E-state index contributed by atoms with van der Waals surface area (Å²) in [4.78, 5) is 2.44. The van der Waals surface area contributed by atoms with Gasteiger partial charge in [-0.05, 0) is 48.9 Å². The van der Waals surface area contributed by atoms with Gasteiger partial charge in [0.15, 0.2) is 0 Å². The molecule has 0 spiro atoms. The standard InChI is InChI=1S/C17H21F2N2/c18-17(19)6-4-15(5-7-17)21-10-13-9-16(13,11-21)12-2-1-3-14(20)8-12/h1,3,8,13,15H,4-7,9-11,20H2/t13-,16+/m0/s1. The van der Waals surface area contributed by atoms with Gasteiger partial charge in [0.2, 0.25) is 5.92 Å². The molecule has 2 nitrogen and oxygen atoms in total. The van der Waals surface area contributed by atoms with Crippen molar-refractivity contribution in [3.63, 3.8) is 0 Å². The molecular weight excluding hydrogens is 270 g/mol. The molecule has 21 heavy (non-hydrogen) atoms. The van der Waals surface area contributed by atoms with Crippen molar-refractivity contribution in [2.45, 2.75) is 49.5 Å². The number of nitrogens with two attached hydrogens (primary N) is 1. The first-order chi connectivity index (χ1) is 9.98. The lowest BCUT2D eigenvalue weighted by molar-refractivity contribution is -0.0526. The van der Waals surface area contributed by atoms with E-state index in [2.05, 4.69) is 11.0 Å². The lowest BCUT2D eigenvalue weighted by Crippen LogP contribution is -2.41. The average Bonchev–Trinajstić information content (AvgIpc) is 3.01. The van der Waals surface area contributed by atoms with Crippen molar-refractivity contribution in [2.24, 2.45) is 5.92 Å². The maximum absolute atomic E-state index is 13.3. The third kappa shape index (κ3) is 2.24. The van der Waals surface area contributed by atoms with E-state index in [-0.39, 0.29) is 18.3 Å². The highest BCUT2D eigenvalue weighted by Gasteiger charge is 2.61. The number of halogens is 2. The van der Waals surface area contributed by atoms with Crippen molar-refractivity contribution in [3.05, 3.63) is 29.8 Å². The number of likely N-dealkylation sites (tertiary alicyclic amines) is 1. The fourth-order valence-corrected chi connectivity index (χ4v) is 4.38. The molecule has 2 aliphatic carbocycles. The van der Waals surface area contributed by atoms with Gasteiger partial charge in [-0.2, -0.15) is 0 Å². The van der Waals surface area contributed by atoms with Gasteiger partial charge in [-0.3, -0.25) is 4.90 Å². The Morgan fingerprint density at radius 2 is 2.05 bits per heavy atom. The molecule has 0 unspecified atom stereocenters. The lowest BCUT2D eigenvalue weighted by Gasteiger charge is -2.36. The lowest BCUT2D eigenvalue weighted by atomic mass is 9.90. The second-order valence-corrected chi connectivity index (χ2v) is 7.11. The molecule has 3 aliphatic rings. The molecule has 1 aliphatic heterocycles. The van der Waals surface area contributed by atoms with Crippen LogP contribution in [0.25, 0.3) is 0 Å². The monoisotopic (exact) mass is 291 g/mol. The number of hydrogen-bond acceptors (Lipinski definition) is 2. The van der Waals surface area contributed by atoms with Crippen LogP contribution in [0.4, 0.5) is 14.5 Å². The van der Waals surface area contributed by atoms with Crippen LogP contribution < -0.4 is 5.73 Å². The van der Waals surface area contributed by atoms with E-state index in [0.29, 0.717) is 24.8 Å². The first kappa shape index (κ1) is 13.5. The highest BCUT2D eigenvalue weighted by atomic mass is 19.3. The average molecular weight is 291 g/mol. The van der Waals surface area contributed by atoms with Gasteiger partial charge in [-0.1, -0.05) is 6.07 Å². The first-order valence-corrected chi connectivity index (χ1v) is 7.88. The van der Waals surface area contributed by atoms with Crippen molar-refractivity contribution < 1.29 is 8.78 Å². The SMILES string of the molecule is Nc1cc[c]c([C@]23C[C@H]2CN(C2CCC(F)(F)CC2)C3)c1. The number of piperidine rings is 1. The van der Waals surface area contributed by atoms with Gasteiger partial charge in [0.05, 0.1) is 0 Å². The summed E-state index contributed by atoms with van der Waals surface area (Å²) in [6.45, 7) is 2.05. The molecule has 4 heteroatoms. The van der Waals surface area contributed by atoms with Crippen LogP contribution in [0.2, 0.25) is 0 Å². The summed E-state index contributed by atoms with van der Waals surface area (Å²) >= 11 is 0. The fraction of sp³-hybridized carbons (Fsp3) is 0.647. The maximum atomic E-state index is 13.3. The van der Waals surface area contributed by atoms with Gasteiger partial charge in [-0.15, -0.1) is 0 Å². The van der Waals surface area contributed by atoms with E-state index in [1.54, 1.807) is 0 Å². The first-order valence-electron chi connectivity index (χ1n) is 7.88. The molecule has 2 atom stereocenters. The Labute approximate surface area is 124 Å². The van der Waals surface area contributed by atoms with E-state index in [0.717, 1.165) is 18.8 Å². The quantitative estimate of drug-likeness (QED) is 0.848. The number of nitrogen functional groups attached to an aromatic ring is 1. The molecule has 1 aromatic carbocycles. The molecule has 1 aromatic rings. The Morgan fingerprint density at radius 3 is 2.76 bits per heavy atom. The van der Waals surface area contributed by atoms with E-state index in [1.165, 1.54) is 12.0 Å².